The maximum atomic E-state index is 12.6. The summed E-state index contributed by atoms with van der Waals surface area (Å²) in [5.74, 6) is 5.76. The van der Waals surface area contributed by atoms with Crippen molar-refractivity contribution in [3.05, 3.63) is 28.2 Å². The third-order valence-corrected chi connectivity index (χ3v) is 7.95. The lowest BCUT2D eigenvalue weighted by atomic mass is 10.2. The molecule has 0 aliphatic carbocycles. The molecule has 30 heavy (non-hydrogen) atoms. The summed E-state index contributed by atoms with van der Waals surface area (Å²) in [5, 5.41) is 14.6. The van der Waals surface area contributed by atoms with Crippen LogP contribution in [-0.2, 0) is 4.74 Å². The number of amides is 2. The summed E-state index contributed by atoms with van der Waals surface area (Å²) in [6.07, 6.45) is -0.949. The smallest absolute Gasteiger partial charge is 0.489 e. The van der Waals surface area contributed by atoms with Gasteiger partial charge in [-0.05, 0) is 39.3 Å². The van der Waals surface area contributed by atoms with Gasteiger partial charge >= 0.3 is 20.5 Å². The number of nitrogens with one attached hydrogen (secondary N) is 2. The molecular formula is C18H27AlCl2N4O5. The van der Waals surface area contributed by atoms with Gasteiger partial charge in [0.2, 0.25) is 0 Å². The van der Waals surface area contributed by atoms with E-state index in [1.165, 1.54) is 3.88 Å². The quantitative estimate of drug-likeness (QED) is 0.163. The second-order valence-electron chi connectivity index (χ2n) is 8.00. The molecule has 0 bridgehead atoms. The number of rotatable bonds is 6. The van der Waals surface area contributed by atoms with Crippen LogP contribution >= 0.6 is 23.2 Å². The summed E-state index contributed by atoms with van der Waals surface area (Å²) in [5.41, 5.74) is 1.46. The van der Waals surface area contributed by atoms with Gasteiger partial charge < -0.3 is 23.9 Å². The van der Waals surface area contributed by atoms with Gasteiger partial charge in [-0.1, -0.05) is 28.5 Å². The number of halogens is 2. The van der Waals surface area contributed by atoms with Crippen LogP contribution < -0.4 is 21.3 Å². The largest absolute Gasteiger partial charge is 0.550 e. The van der Waals surface area contributed by atoms with Crippen LogP contribution in [0.5, 0.6) is 5.75 Å². The minimum atomic E-state index is -2.34. The van der Waals surface area contributed by atoms with E-state index in [1.807, 2.05) is 0 Å². The van der Waals surface area contributed by atoms with Crippen LogP contribution in [0, 0.1) is 0 Å². The van der Waals surface area contributed by atoms with Gasteiger partial charge in [-0.3, -0.25) is 10.1 Å². The van der Waals surface area contributed by atoms with E-state index in [0.29, 0.717) is 27.5 Å². The highest BCUT2D eigenvalue weighted by Gasteiger charge is 2.45. The molecule has 1 fully saturated rings. The number of hydrogen-bond acceptors (Lipinski definition) is 7. The molecule has 0 aromatic heterocycles. The minimum absolute atomic E-state index is 0.0367. The lowest BCUT2D eigenvalue weighted by Gasteiger charge is -2.38. The van der Waals surface area contributed by atoms with Crippen molar-refractivity contribution in [2.45, 2.75) is 50.3 Å². The van der Waals surface area contributed by atoms with E-state index in [1.54, 1.807) is 39.0 Å². The van der Waals surface area contributed by atoms with Crippen molar-refractivity contribution in [3.63, 3.8) is 0 Å². The molecule has 12 heteroatoms. The van der Waals surface area contributed by atoms with Crippen molar-refractivity contribution in [1.82, 2.24) is 14.6 Å². The van der Waals surface area contributed by atoms with Crippen LogP contribution in [-0.4, -0.2) is 65.2 Å². The monoisotopic (exact) mass is 476 g/mol. The Kier molecular flexibility index (Phi) is 9.06. The first-order valence-electron chi connectivity index (χ1n) is 9.52. The molecule has 2 atom stereocenters. The fourth-order valence-corrected chi connectivity index (χ4v) is 5.93. The summed E-state index contributed by atoms with van der Waals surface area (Å²) >= 11 is 9.48. The average Bonchev–Trinajstić information content (AvgIpc) is 2.67. The van der Waals surface area contributed by atoms with Crippen molar-refractivity contribution in [2.24, 2.45) is 5.84 Å². The van der Waals surface area contributed by atoms with Gasteiger partial charge in [-0.15, -0.1) is 0 Å². The molecule has 1 saturated heterocycles. The predicted octanol–water partition coefficient (Wildman–Crippen LogP) is 2.45. The van der Waals surface area contributed by atoms with Gasteiger partial charge in [-0.25, -0.2) is 10.6 Å². The van der Waals surface area contributed by atoms with Gasteiger partial charge in [0, 0.05) is 18.7 Å². The molecule has 166 valence electrons. The van der Waals surface area contributed by atoms with Crippen LogP contribution in [0.2, 0.25) is 15.3 Å². The number of carbonyl (C=O) groups is 2. The van der Waals surface area contributed by atoms with Gasteiger partial charge in [0.05, 0.1) is 10.0 Å². The van der Waals surface area contributed by atoms with Crippen LogP contribution in [0.3, 0.4) is 0 Å². The summed E-state index contributed by atoms with van der Waals surface area (Å²) in [7, 11) is 0. The second-order valence-corrected chi connectivity index (χ2v) is 11.6. The Labute approximate surface area is 190 Å². The molecule has 2 rings (SSSR count). The number of nitrogens with two attached hydrogens (primary N) is 1. The highest BCUT2D eigenvalue weighted by Crippen LogP contribution is 2.26. The Hall–Kier alpha value is -1.25. The lowest BCUT2D eigenvalue weighted by molar-refractivity contribution is 0.0308. The van der Waals surface area contributed by atoms with Crippen LogP contribution in [0.15, 0.2) is 18.2 Å². The van der Waals surface area contributed by atoms with Gasteiger partial charge in [-0.2, -0.15) is 0 Å². The van der Waals surface area contributed by atoms with Crippen molar-refractivity contribution in [3.8, 4) is 5.75 Å². The Morgan fingerprint density at radius 1 is 1.37 bits per heavy atom. The SMILES string of the molecule is CC(C)(C)OC(=O)[N]1C[C@@H](NC(O)COc2ccc(Cl)c(Cl)c2)C[CH2][Al]1[C](=O)NN. The number of ether oxygens (including phenoxy) is 2. The average molecular weight is 477 g/mol. The molecule has 2 amide bonds. The molecular weight excluding hydrogens is 450 g/mol. The normalized spacial score (nSPS) is 18.0. The van der Waals surface area contributed by atoms with E-state index in [9.17, 15) is 14.7 Å². The van der Waals surface area contributed by atoms with E-state index in [0.717, 1.165) is 0 Å². The summed E-state index contributed by atoms with van der Waals surface area (Å²) < 4.78 is 12.1. The fraction of sp³-hybridized carbons (Fsp3) is 0.556. The van der Waals surface area contributed by atoms with Gasteiger partial charge in [0.15, 0.2) is 4.77 Å². The Morgan fingerprint density at radius 2 is 2.07 bits per heavy atom. The van der Waals surface area contributed by atoms with Crippen LogP contribution in [0.25, 0.3) is 0 Å². The third kappa shape index (κ3) is 7.46. The van der Waals surface area contributed by atoms with Crippen molar-refractivity contribution < 1.29 is 24.2 Å². The second kappa shape index (κ2) is 10.9. The molecule has 1 aromatic carbocycles. The highest BCUT2D eigenvalue weighted by molar-refractivity contribution is 6.89. The lowest BCUT2D eigenvalue weighted by Crippen LogP contribution is -2.62. The van der Waals surface area contributed by atoms with Crippen LogP contribution in [0.4, 0.5) is 9.59 Å². The van der Waals surface area contributed by atoms with Crippen molar-refractivity contribution in [2.75, 3.05) is 13.2 Å². The molecule has 9 nitrogen and oxygen atoms in total. The first kappa shape index (κ1) is 25.0. The molecule has 1 aromatic rings. The maximum Gasteiger partial charge on any atom is 0.550 e. The molecule has 5 N–H and O–H groups in total. The number of benzene rings is 1. The number of carbonyl (C=O) groups excluding carboxylic acids is 2. The Balaban J connectivity index is 1.96. The third-order valence-electron chi connectivity index (χ3n) is 4.38. The van der Waals surface area contributed by atoms with E-state index < -0.39 is 32.3 Å². The number of nitrogens with zero attached hydrogens (tertiary/aromatic N) is 1. The molecule has 1 aliphatic heterocycles. The Bertz CT molecular complexity index is 765. The molecule has 1 heterocycles. The number of hydrogen-bond donors (Lipinski definition) is 4. The van der Waals surface area contributed by atoms with E-state index in [2.05, 4.69) is 10.7 Å². The number of aliphatic hydroxyl groups is 1. The number of aliphatic hydroxyl groups excluding tert-OH is 1. The summed E-state index contributed by atoms with van der Waals surface area (Å²) in [4.78, 5) is 24.8. The van der Waals surface area contributed by atoms with Crippen molar-refractivity contribution >= 4 is 48.4 Å². The summed E-state index contributed by atoms with van der Waals surface area (Å²) in [6.45, 7) is 5.46. The standard InChI is InChI=1S/C17H25Cl2N2O4.CH3N2O.Al/c1-5-11(9-20-16(23)25-17(2,3)4)21-15(22)10-24-12-6-7-13(18)14(19)8-12;2-3-1-4;/h6-8,11,15,21-22H,1,5,9-10H2,2-4H3,(H,20,23);2H2,(H,3,4);/q;;+1/p-1/t11-,15?;;/m0../s1. The zero-order valence-corrected chi connectivity index (χ0v) is 19.8. The van der Waals surface area contributed by atoms with Crippen LogP contribution in [0.1, 0.15) is 27.2 Å². The zero-order chi connectivity index (χ0) is 22.5. The first-order chi connectivity index (χ1) is 14.0. The van der Waals surface area contributed by atoms with Crippen molar-refractivity contribution in [1.29, 1.82) is 0 Å². The first-order valence-corrected chi connectivity index (χ1v) is 12.2. The molecule has 0 spiro atoms. The maximum absolute atomic E-state index is 12.6. The molecule has 0 saturated carbocycles. The molecule has 1 unspecified atom stereocenters. The van der Waals surface area contributed by atoms with E-state index in [4.69, 9.17) is 38.5 Å². The number of hydrazine groups is 1. The summed E-state index contributed by atoms with van der Waals surface area (Å²) in [6, 6.07) is 4.57. The minimum Gasteiger partial charge on any atom is -0.489 e. The van der Waals surface area contributed by atoms with Gasteiger partial charge in [0.1, 0.15) is 24.2 Å². The topological polar surface area (TPSA) is 126 Å². The van der Waals surface area contributed by atoms with Gasteiger partial charge in [0.25, 0.3) is 0 Å². The Morgan fingerprint density at radius 3 is 2.67 bits per heavy atom. The highest BCUT2D eigenvalue weighted by atomic mass is 35.5. The fourth-order valence-electron chi connectivity index (χ4n) is 3.06. The molecule has 1 aliphatic rings. The zero-order valence-electron chi connectivity index (χ0n) is 17.2. The molecule has 0 radical (unpaired) electrons. The van der Waals surface area contributed by atoms with E-state index >= 15 is 0 Å². The predicted molar refractivity (Wildman–Crippen MR) is 116 cm³/mol. The van der Waals surface area contributed by atoms with E-state index in [-0.39, 0.29) is 24.0 Å².